The summed E-state index contributed by atoms with van der Waals surface area (Å²) in [5.41, 5.74) is 0. The maximum Gasteiger partial charge on any atom is 0.0423 e. The van der Waals surface area contributed by atoms with E-state index in [0.717, 1.165) is 17.2 Å². The highest BCUT2D eigenvalue weighted by Gasteiger charge is 2.21. The van der Waals surface area contributed by atoms with Crippen LogP contribution in [0.2, 0.25) is 0 Å². The standard InChI is InChI=1S/C8H17NS/c1-3-4-5-8-7(2)9-6-10-8/h7-9H,3-6H2,1-2H3. The summed E-state index contributed by atoms with van der Waals surface area (Å²) in [7, 11) is 0. The molecule has 1 rings (SSSR count). The second-order valence-electron chi connectivity index (χ2n) is 2.98. The number of rotatable bonds is 3. The molecule has 0 bridgehead atoms. The molecule has 0 radical (unpaired) electrons. The van der Waals surface area contributed by atoms with Crippen LogP contribution < -0.4 is 5.32 Å². The van der Waals surface area contributed by atoms with Gasteiger partial charge in [0.25, 0.3) is 0 Å². The van der Waals surface area contributed by atoms with E-state index in [1.54, 1.807) is 0 Å². The summed E-state index contributed by atoms with van der Waals surface area (Å²) in [5, 5.41) is 4.33. The Hall–Kier alpha value is 0.310. The lowest BCUT2D eigenvalue weighted by Crippen LogP contribution is -2.25. The van der Waals surface area contributed by atoms with E-state index in [9.17, 15) is 0 Å². The van der Waals surface area contributed by atoms with Gasteiger partial charge in [-0.3, -0.25) is 0 Å². The second-order valence-corrected chi connectivity index (χ2v) is 4.21. The summed E-state index contributed by atoms with van der Waals surface area (Å²) in [6.07, 6.45) is 4.13. The van der Waals surface area contributed by atoms with Crippen molar-refractivity contribution in [2.45, 2.75) is 44.4 Å². The van der Waals surface area contributed by atoms with Gasteiger partial charge in [0, 0.05) is 17.2 Å². The van der Waals surface area contributed by atoms with Crippen LogP contribution in [0.4, 0.5) is 0 Å². The molecule has 60 valence electrons. The fourth-order valence-electron chi connectivity index (χ4n) is 1.30. The van der Waals surface area contributed by atoms with Gasteiger partial charge in [-0.05, 0) is 13.3 Å². The molecule has 1 N–H and O–H groups in total. The van der Waals surface area contributed by atoms with E-state index in [4.69, 9.17) is 0 Å². The molecule has 1 saturated heterocycles. The molecule has 1 aliphatic rings. The molecular weight excluding hydrogens is 142 g/mol. The summed E-state index contributed by atoms with van der Waals surface area (Å²) >= 11 is 2.08. The van der Waals surface area contributed by atoms with Crippen LogP contribution in [-0.4, -0.2) is 17.2 Å². The van der Waals surface area contributed by atoms with E-state index >= 15 is 0 Å². The van der Waals surface area contributed by atoms with Gasteiger partial charge in [-0.2, -0.15) is 0 Å². The summed E-state index contributed by atoms with van der Waals surface area (Å²) < 4.78 is 0. The zero-order valence-electron chi connectivity index (χ0n) is 6.89. The third-order valence-electron chi connectivity index (χ3n) is 2.10. The average Bonchev–Trinajstić information content (AvgIpc) is 2.31. The molecule has 2 atom stereocenters. The molecule has 1 aliphatic heterocycles. The van der Waals surface area contributed by atoms with Crippen LogP contribution in [0, 0.1) is 0 Å². The monoisotopic (exact) mass is 159 g/mol. The lowest BCUT2D eigenvalue weighted by Gasteiger charge is -2.12. The number of thioether (sulfide) groups is 1. The molecule has 0 aromatic carbocycles. The van der Waals surface area contributed by atoms with Gasteiger partial charge in [-0.25, -0.2) is 0 Å². The number of hydrogen-bond donors (Lipinski definition) is 1. The van der Waals surface area contributed by atoms with Crippen LogP contribution in [0.3, 0.4) is 0 Å². The van der Waals surface area contributed by atoms with Gasteiger partial charge in [0.2, 0.25) is 0 Å². The molecule has 0 aliphatic carbocycles. The Morgan fingerprint density at radius 1 is 1.60 bits per heavy atom. The molecule has 1 nitrogen and oxygen atoms in total. The van der Waals surface area contributed by atoms with Crippen molar-refractivity contribution in [3.63, 3.8) is 0 Å². The van der Waals surface area contributed by atoms with E-state index < -0.39 is 0 Å². The van der Waals surface area contributed by atoms with Crippen LogP contribution in [0.15, 0.2) is 0 Å². The van der Waals surface area contributed by atoms with E-state index in [1.807, 2.05) is 0 Å². The van der Waals surface area contributed by atoms with Crippen molar-refractivity contribution in [3.8, 4) is 0 Å². The molecule has 2 unspecified atom stereocenters. The summed E-state index contributed by atoms with van der Waals surface area (Å²) in [5.74, 6) is 1.16. The lowest BCUT2D eigenvalue weighted by atomic mass is 10.1. The summed E-state index contributed by atoms with van der Waals surface area (Å²) in [6.45, 7) is 4.55. The molecule has 0 aromatic rings. The first-order valence-corrected chi connectivity index (χ1v) is 5.24. The smallest absolute Gasteiger partial charge is 0.0423 e. The van der Waals surface area contributed by atoms with Crippen molar-refractivity contribution in [2.75, 3.05) is 5.88 Å². The van der Waals surface area contributed by atoms with Gasteiger partial charge in [-0.15, -0.1) is 11.8 Å². The van der Waals surface area contributed by atoms with Gasteiger partial charge >= 0.3 is 0 Å². The molecule has 2 heteroatoms. The quantitative estimate of drug-likeness (QED) is 0.677. The first kappa shape index (κ1) is 8.41. The van der Waals surface area contributed by atoms with Crippen LogP contribution in [0.25, 0.3) is 0 Å². The minimum Gasteiger partial charge on any atom is -0.304 e. The van der Waals surface area contributed by atoms with E-state index in [1.165, 1.54) is 19.3 Å². The van der Waals surface area contributed by atoms with Crippen molar-refractivity contribution in [1.82, 2.24) is 5.32 Å². The minimum atomic E-state index is 0.747. The van der Waals surface area contributed by atoms with Crippen molar-refractivity contribution in [1.29, 1.82) is 0 Å². The Morgan fingerprint density at radius 3 is 2.90 bits per heavy atom. The van der Waals surface area contributed by atoms with Crippen LogP contribution >= 0.6 is 11.8 Å². The van der Waals surface area contributed by atoms with Crippen molar-refractivity contribution < 1.29 is 0 Å². The van der Waals surface area contributed by atoms with Gasteiger partial charge in [0.15, 0.2) is 0 Å². The van der Waals surface area contributed by atoms with Crippen molar-refractivity contribution >= 4 is 11.8 Å². The van der Waals surface area contributed by atoms with Crippen LogP contribution in [0.1, 0.15) is 33.1 Å². The zero-order chi connectivity index (χ0) is 7.40. The zero-order valence-corrected chi connectivity index (χ0v) is 7.71. The largest absolute Gasteiger partial charge is 0.304 e. The third kappa shape index (κ3) is 2.17. The Morgan fingerprint density at radius 2 is 2.40 bits per heavy atom. The molecule has 10 heavy (non-hydrogen) atoms. The van der Waals surface area contributed by atoms with Gasteiger partial charge in [-0.1, -0.05) is 19.8 Å². The predicted molar refractivity (Wildman–Crippen MR) is 48.4 cm³/mol. The summed E-state index contributed by atoms with van der Waals surface area (Å²) in [4.78, 5) is 0. The molecule has 0 amide bonds. The highest BCUT2D eigenvalue weighted by molar-refractivity contribution is 8.00. The minimum absolute atomic E-state index is 0.747. The van der Waals surface area contributed by atoms with Crippen LogP contribution in [0.5, 0.6) is 0 Å². The highest BCUT2D eigenvalue weighted by Crippen LogP contribution is 2.24. The number of unbranched alkanes of at least 4 members (excludes halogenated alkanes) is 1. The lowest BCUT2D eigenvalue weighted by molar-refractivity contribution is 0.559. The first-order valence-electron chi connectivity index (χ1n) is 4.19. The molecule has 0 aromatic heterocycles. The number of nitrogens with one attached hydrogen (secondary N) is 1. The first-order chi connectivity index (χ1) is 4.84. The van der Waals surface area contributed by atoms with Gasteiger partial charge in [0.1, 0.15) is 0 Å². The number of hydrogen-bond acceptors (Lipinski definition) is 2. The predicted octanol–water partition coefficient (Wildman–Crippen LogP) is 2.23. The van der Waals surface area contributed by atoms with Crippen molar-refractivity contribution in [2.24, 2.45) is 0 Å². The van der Waals surface area contributed by atoms with Crippen LogP contribution in [-0.2, 0) is 0 Å². The fraction of sp³-hybridized carbons (Fsp3) is 1.00. The fourth-order valence-corrected chi connectivity index (χ4v) is 2.59. The maximum atomic E-state index is 3.44. The summed E-state index contributed by atoms with van der Waals surface area (Å²) in [6, 6.07) is 0.747. The van der Waals surface area contributed by atoms with E-state index in [2.05, 4.69) is 30.9 Å². The molecule has 0 spiro atoms. The molecule has 1 fully saturated rings. The third-order valence-corrected chi connectivity index (χ3v) is 3.51. The normalized spacial score (nSPS) is 33.0. The second kappa shape index (κ2) is 4.24. The Kier molecular flexibility index (Phi) is 3.57. The Labute approximate surface area is 68.0 Å². The topological polar surface area (TPSA) is 12.0 Å². The molecule has 0 saturated carbocycles. The van der Waals surface area contributed by atoms with Gasteiger partial charge in [0.05, 0.1) is 0 Å². The Balaban J connectivity index is 2.14. The Bertz CT molecular complexity index is 95.3. The van der Waals surface area contributed by atoms with Crippen molar-refractivity contribution in [3.05, 3.63) is 0 Å². The maximum absolute atomic E-state index is 3.44. The average molecular weight is 159 g/mol. The molecular formula is C8H17NS. The SMILES string of the molecule is CCCCC1SCNC1C. The highest BCUT2D eigenvalue weighted by atomic mass is 32.2. The van der Waals surface area contributed by atoms with Gasteiger partial charge < -0.3 is 5.32 Å². The molecule has 1 heterocycles. The van der Waals surface area contributed by atoms with E-state index in [-0.39, 0.29) is 0 Å². The van der Waals surface area contributed by atoms with E-state index in [0.29, 0.717) is 0 Å².